The van der Waals surface area contributed by atoms with E-state index in [2.05, 4.69) is 15.5 Å². The average Bonchev–Trinajstić information content (AvgIpc) is 2.93. The second-order valence-corrected chi connectivity index (χ2v) is 9.27. The van der Waals surface area contributed by atoms with Gasteiger partial charge in [-0.25, -0.2) is 0 Å². The van der Waals surface area contributed by atoms with E-state index in [-0.39, 0.29) is 29.4 Å². The predicted octanol–water partition coefficient (Wildman–Crippen LogP) is 4.28. The number of methoxy groups -OCH3 is 2. The lowest BCUT2D eigenvalue weighted by atomic mass is 10.1. The number of hydrogen-bond acceptors (Lipinski definition) is 8. The Morgan fingerprint density at radius 3 is 2.15 bits per heavy atom. The zero-order valence-electron chi connectivity index (χ0n) is 21.5. The molecule has 11 nitrogen and oxygen atoms in total. The Morgan fingerprint density at radius 1 is 0.923 bits per heavy atom. The normalized spacial score (nSPS) is 13.5. The number of nitrogens with one attached hydrogen (secondary N) is 2. The molecule has 2 N–H and O–H groups in total. The van der Waals surface area contributed by atoms with Crippen molar-refractivity contribution in [1.82, 2.24) is 4.90 Å². The van der Waals surface area contributed by atoms with Crippen LogP contribution in [0.3, 0.4) is 0 Å². The molecule has 3 aromatic rings. The summed E-state index contributed by atoms with van der Waals surface area (Å²) in [5.74, 6) is -0.0662. The Kier molecular flexibility index (Phi) is 8.84. The SMILES string of the molecule is COc1cc(NC(=O)c2cc([N+](=O)[O-])ccc2NC(=O)CN2CCN(c3ccc(Cl)cc3)CC2)cc(OC)c1. The molecule has 1 fully saturated rings. The van der Waals surface area contributed by atoms with Crippen molar-refractivity contribution in [2.75, 3.05) is 62.5 Å². The van der Waals surface area contributed by atoms with Gasteiger partial charge in [-0.3, -0.25) is 24.6 Å². The van der Waals surface area contributed by atoms with Gasteiger partial charge in [0.05, 0.1) is 36.9 Å². The summed E-state index contributed by atoms with van der Waals surface area (Å²) in [5, 5.41) is 17.5. The van der Waals surface area contributed by atoms with E-state index in [1.165, 1.54) is 26.4 Å². The maximum Gasteiger partial charge on any atom is 0.270 e. The fourth-order valence-corrected chi connectivity index (χ4v) is 4.36. The first kappa shape index (κ1) is 27.7. The molecule has 0 radical (unpaired) electrons. The fraction of sp³-hybridized carbons (Fsp3) is 0.259. The van der Waals surface area contributed by atoms with Crippen molar-refractivity contribution in [1.29, 1.82) is 0 Å². The number of carbonyl (C=O) groups is 2. The second kappa shape index (κ2) is 12.5. The Morgan fingerprint density at radius 2 is 1.56 bits per heavy atom. The van der Waals surface area contributed by atoms with E-state index in [0.717, 1.165) is 24.8 Å². The van der Waals surface area contributed by atoms with Crippen LogP contribution >= 0.6 is 11.6 Å². The van der Waals surface area contributed by atoms with Crippen LogP contribution < -0.4 is 25.0 Å². The summed E-state index contributed by atoms with van der Waals surface area (Å²) in [7, 11) is 2.96. The number of anilines is 3. The number of nitrogens with zero attached hydrogens (tertiary/aromatic N) is 3. The highest BCUT2D eigenvalue weighted by atomic mass is 35.5. The summed E-state index contributed by atoms with van der Waals surface area (Å²) in [5.41, 5.74) is 1.27. The average molecular weight is 554 g/mol. The van der Waals surface area contributed by atoms with Crippen molar-refractivity contribution >= 4 is 46.2 Å². The second-order valence-electron chi connectivity index (χ2n) is 8.83. The van der Waals surface area contributed by atoms with Crippen LogP contribution in [0.2, 0.25) is 5.02 Å². The number of hydrogen-bond donors (Lipinski definition) is 2. The molecule has 0 aliphatic carbocycles. The quantitative estimate of drug-likeness (QED) is 0.297. The van der Waals surface area contributed by atoms with Crippen molar-refractivity contribution in [3.63, 3.8) is 0 Å². The van der Waals surface area contributed by atoms with Gasteiger partial charge in [-0.2, -0.15) is 0 Å². The van der Waals surface area contributed by atoms with Crippen LogP contribution in [0.25, 0.3) is 0 Å². The van der Waals surface area contributed by atoms with Crippen LogP contribution in [0, 0.1) is 10.1 Å². The van der Waals surface area contributed by atoms with Crippen LogP contribution in [-0.2, 0) is 4.79 Å². The first-order valence-corrected chi connectivity index (χ1v) is 12.5. The van der Waals surface area contributed by atoms with Crippen LogP contribution in [-0.4, -0.2) is 68.6 Å². The molecule has 0 saturated carbocycles. The number of carbonyl (C=O) groups excluding carboxylic acids is 2. The van der Waals surface area contributed by atoms with Gasteiger partial charge in [0.2, 0.25) is 5.91 Å². The number of nitro groups is 1. The number of amides is 2. The molecule has 1 heterocycles. The monoisotopic (exact) mass is 553 g/mol. The Hall–Kier alpha value is -4.35. The highest BCUT2D eigenvalue weighted by Gasteiger charge is 2.22. The summed E-state index contributed by atoms with van der Waals surface area (Å²) in [6.45, 7) is 2.93. The summed E-state index contributed by atoms with van der Waals surface area (Å²) >= 11 is 5.98. The van der Waals surface area contributed by atoms with Gasteiger partial charge in [0.25, 0.3) is 11.6 Å². The number of nitro benzene ring substituents is 1. The van der Waals surface area contributed by atoms with Crippen molar-refractivity contribution in [2.24, 2.45) is 0 Å². The van der Waals surface area contributed by atoms with Crippen molar-refractivity contribution < 1.29 is 24.0 Å². The lowest BCUT2D eigenvalue weighted by Crippen LogP contribution is -2.48. The molecule has 0 bridgehead atoms. The zero-order chi connectivity index (χ0) is 27.9. The van der Waals surface area contributed by atoms with Crippen molar-refractivity contribution in [3.05, 3.63) is 81.4 Å². The lowest BCUT2D eigenvalue weighted by molar-refractivity contribution is -0.384. The molecule has 1 aliphatic rings. The minimum atomic E-state index is -0.638. The largest absolute Gasteiger partial charge is 0.497 e. The van der Waals surface area contributed by atoms with E-state index >= 15 is 0 Å². The topological polar surface area (TPSA) is 126 Å². The molecule has 12 heteroatoms. The van der Waals surface area contributed by atoms with E-state index in [1.807, 2.05) is 29.2 Å². The van der Waals surface area contributed by atoms with Gasteiger partial charge in [-0.1, -0.05) is 11.6 Å². The van der Waals surface area contributed by atoms with Crippen LogP contribution in [0.5, 0.6) is 11.5 Å². The standard InChI is InChI=1S/C27H28ClN5O6/c1-38-22-13-19(14-23(16-22)39-2)29-27(35)24-15-21(33(36)37)7-8-25(24)30-26(34)17-31-9-11-32(12-10-31)20-5-3-18(28)4-6-20/h3-8,13-16H,9-12,17H2,1-2H3,(H,29,35)(H,30,34). The molecule has 3 aromatic carbocycles. The lowest BCUT2D eigenvalue weighted by Gasteiger charge is -2.35. The molecule has 204 valence electrons. The number of benzene rings is 3. The van der Waals surface area contributed by atoms with E-state index in [0.29, 0.717) is 35.3 Å². The highest BCUT2D eigenvalue weighted by Crippen LogP contribution is 2.28. The third kappa shape index (κ3) is 7.15. The Balaban J connectivity index is 1.44. The molecule has 39 heavy (non-hydrogen) atoms. The van der Waals surface area contributed by atoms with Gasteiger partial charge in [-0.05, 0) is 30.3 Å². The molecule has 1 aliphatic heterocycles. The van der Waals surface area contributed by atoms with E-state index in [4.69, 9.17) is 21.1 Å². The van der Waals surface area contributed by atoms with Crippen LogP contribution in [0.4, 0.5) is 22.7 Å². The van der Waals surface area contributed by atoms with Gasteiger partial charge in [0, 0.05) is 72.9 Å². The molecular formula is C27H28ClN5O6. The summed E-state index contributed by atoms with van der Waals surface area (Å²) in [6.07, 6.45) is 0. The smallest absolute Gasteiger partial charge is 0.270 e. The zero-order valence-corrected chi connectivity index (χ0v) is 22.2. The molecule has 0 unspecified atom stereocenters. The summed E-state index contributed by atoms with van der Waals surface area (Å²) in [6, 6.07) is 16.2. The van der Waals surface area contributed by atoms with Gasteiger partial charge in [0.1, 0.15) is 11.5 Å². The van der Waals surface area contributed by atoms with Crippen LogP contribution in [0.1, 0.15) is 10.4 Å². The number of ether oxygens (including phenoxy) is 2. The number of halogens is 1. The summed E-state index contributed by atoms with van der Waals surface area (Å²) < 4.78 is 10.5. The molecule has 4 rings (SSSR count). The predicted molar refractivity (Wildman–Crippen MR) is 149 cm³/mol. The maximum atomic E-state index is 13.2. The van der Waals surface area contributed by atoms with Gasteiger partial charge < -0.3 is 25.0 Å². The summed E-state index contributed by atoms with van der Waals surface area (Å²) in [4.78, 5) is 41.1. The molecule has 0 spiro atoms. The maximum absolute atomic E-state index is 13.2. The first-order chi connectivity index (χ1) is 18.7. The van der Waals surface area contributed by atoms with Crippen LogP contribution in [0.15, 0.2) is 60.7 Å². The van der Waals surface area contributed by atoms with Gasteiger partial charge in [0.15, 0.2) is 0 Å². The number of piperazine rings is 1. The third-order valence-corrected chi connectivity index (χ3v) is 6.53. The van der Waals surface area contributed by atoms with E-state index in [1.54, 1.807) is 18.2 Å². The third-order valence-electron chi connectivity index (χ3n) is 6.27. The van der Waals surface area contributed by atoms with E-state index < -0.39 is 10.8 Å². The first-order valence-electron chi connectivity index (χ1n) is 12.1. The molecule has 1 saturated heterocycles. The Bertz CT molecular complexity index is 1340. The van der Waals surface area contributed by atoms with Crippen molar-refractivity contribution in [2.45, 2.75) is 0 Å². The molecule has 0 atom stereocenters. The molecular weight excluding hydrogens is 526 g/mol. The van der Waals surface area contributed by atoms with Gasteiger partial charge >= 0.3 is 0 Å². The molecule has 2 amide bonds. The minimum absolute atomic E-state index is 0.0492. The van der Waals surface area contributed by atoms with Crippen molar-refractivity contribution in [3.8, 4) is 11.5 Å². The number of non-ortho nitro benzene ring substituents is 1. The minimum Gasteiger partial charge on any atom is -0.497 e. The fourth-order valence-electron chi connectivity index (χ4n) is 4.23. The van der Waals surface area contributed by atoms with E-state index in [9.17, 15) is 19.7 Å². The Labute approximate surface area is 230 Å². The number of rotatable bonds is 9. The highest BCUT2D eigenvalue weighted by molar-refractivity contribution is 6.30. The van der Waals surface area contributed by atoms with Gasteiger partial charge in [-0.15, -0.1) is 0 Å². The molecule has 0 aromatic heterocycles.